The Balaban J connectivity index is 2.44. The number of amides is 1. The first-order valence-electron chi connectivity index (χ1n) is 6.05. The molecule has 0 fully saturated rings. The molecule has 0 radical (unpaired) electrons. The summed E-state index contributed by atoms with van der Waals surface area (Å²) in [6, 6.07) is 6.89. The van der Waals surface area contributed by atoms with E-state index >= 15 is 0 Å². The van der Waals surface area contributed by atoms with Gasteiger partial charge in [-0.25, -0.2) is 4.79 Å². The number of hydrogen-bond acceptors (Lipinski definition) is 3. The molecule has 2 rings (SSSR count). The van der Waals surface area contributed by atoms with E-state index in [0.717, 1.165) is 10.9 Å². The standard InChI is InChI=1S/C14H14BrNO3/c1-3-8(2)16-13(17)12-6-9-4-5-10(15)7-11(9)14(18)19-12/h4-8H,3H2,1-2H3,(H,16,17). The Labute approximate surface area is 118 Å². The Kier molecular flexibility index (Phi) is 4.04. The number of carbonyl (C=O) groups is 1. The second kappa shape index (κ2) is 5.57. The summed E-state index contributed by atoms with van der Waals surface area (Å²) in [6.07, 6.45) is 0.816. The van der Waals surface area contributed by atoms with Crippen molar-refractivity contribution in [1.82, 2.24) is 5.32 Å². The average Bonchev–Trinajstić information content (AvgIpc) is 2.39. The Bertz CT molecular complexity index is 678. The van der Waals surface area contributed by atoms with E-state index in [1.165, 1.54) is 0 Å². The summed E-state index contributed by atoms with van der Waals surface area (Å²) >= 11 is 3.30. The van der Waals surface area contributed by atoms with E-state index < -0.39 is 5.63 Å². The lowest BCUT2D eigenvalue weighted by atomic mass is 10.1. The van der Waals surface area contributed by atoms with Crippen LogP contribution < -0.4 is 10.9 Å². The molecule has 4 nitrogen and oxygen atoms in total. The summed E-state index contributed by atoms with van der Waals surface area (Å²) in [4.78, 5) is 23.8. The molecule has 5 heteroatoms. The van der Waals surface area contributed by atoms with Crippen LogP contribution in [-0.2, 0) is 0 Å². The lowest BCUT2D eigenvalue weighted by Gasteiger charge is -2.10. The van der Waals surface area contributed by atoms with E-state index in [0.29, 0.717) is 10.8 Å². The van der Waals surface area contributed by atoms with Crippen molar-refractivity contribution in [2.24, 2.45) is 0 Å². The van der Waals surface area contributed by atoms with Gasteiger partial charge in [0.25, 0.3) is 5.91 Å². The molecule has 0 aliphatic rings. The Morgan fingerprint density at radius 1 is 1.42 bits per heavy atom. The molecule has 1 unspecified atom stereocenters. The third-order valence-corrected chi connectivity index (χ3v) is 3.43. The molecule has 1 aromatic carbocycles. The number of nitrogens with one attached hydrogen (secondary N) is 1. The van der Waals surface area contributed by atoms with Gasteiger partial charge in [-0.2, -0.15) is 0 Å². The first kappa shape index (κ1) is 13.8. The highest BCUT2D eigenvalue weighted by Gasteiger charge is 2.13. The van der Waals surface area contributed by atoms with Crippen LogP contribution in [0.4, 0.5) is 0 Å². The van der Waals surface area contributed by atoms with Crippen molar-refractivity contribution in [2.75, 3.05) is 0 Å². The van der Waals surface area contributed by atoms with Crippen LogP contribution in [0.25, 0.3) is 10.8 Å². The van der Waals surface area contributed by atoms with E-state index in [1.807, 2.05) is 19.9 Å². The van der Waals surface area contributed by atoms with Gasteiger partial charge in [0.1, 0.15) is 0 Å². The van der Waals surface area contributed by atoms with E-state index in [-0.39, 0.29) is 17.7 Å². The minimum atomic E-state index is -0.506. The van der Waals surface area contributed by atoms with Crippen LogP contribution in [0.1, 0.15) is 30.8 Å². The molecule has 0 aliphatic carbocycles. The minimum Gasteiger partial charge on any atom is -0.417 e. The zero-order valence-corrected chi connectivity index (χ0v) is 12.3. The van der Waals surface area contributed by atoms with Crippen molar-refractivity contribution < 1.29 is 9.21 Å². The Morgan fingerprint density at radius 3 is 2.84 bits per heavy atom. The zero-order chi connectivity index (χ0) is 14.0. The maximum absolute atomic E-state index is 11.9. The molecule has 1 aromatic heterocycles. The molecule has 100 valence electrons. The molecule has 1 N–H and O–H groups in total. The summed E-state index contributed by atoms with van der Waals surface area (Å²) in [7, 11) is 0. The normalized spacial score (nSPS) is 12.4. The van der Waals surface area contributed by atoms with Crippen molar-refractivity contribution in [3.05, 3.63) is 44.9 Å². The van der Waals surface area contributed by atoms with E-state index in [1.54, 1.807) is 18.2 Å². The third kappa shape index (κ3) is 3.04. The van der Waals surface area contributed by atoms with Gasteiger partial charge in [0.2, 0.25) is 0 Å². The summed E-state index contributed by atoms with van der Waals surface area (Å²) in [5, 5.41) is 3.91. The summed E-state index contributed by atoms with van der Waals surface area (Å²) < 4.78 is 5.86. The van der Waals surface area contributed by atoms with Gasteiger partial charge in [-0.15, -0.1) is 0 Å². The fourth-order valence-electron chi connectivity index (χ4n) is 1.67. The number of benzene rings is 1. The van der Waals surface area contributed by atoms with Crippen molar-refractivity contribution >= 4 is 32.6 Å². The average molecular weight is 324 g/mol. The van der Waals surface area contributed by atoms with E-state index in [2.05, 4.69) is 21.2 Å². The first-order valence-corrected chi connectivity index (χ1v) is 6.85. The molecule has 0 bridgehead atoms. The number of hydrogen-bond donors (Lipinski definition) is 1. The number of fused-ring (bicyclic) bond motifs is 1. The first-order chi connectivity index (χ1) is 9.01. The summed E-state index contributed by atoms with van der Waals surface area (Å²) in [5.74, 6) is -0.323. The molecule has 1 amide bonds. The van der Waals surface area contributed by atoms with Gasteiger partial charge in [-0.1, -0.05) is 28.9 Å². The number of rotatable bonds is 3. The van der Waals surface area contributed by atoms with Gasteiger partial charge < -0.3 is 9.73 Å². The molecule has 0 spiro atoms. The SMILES string of the molecule is CCC(C)NC(=O)c1cc2ccc(Br)cc2c(=O)o1. The van der Waals surface area contributed by atoms with Crippen LogP contribution in [0.2, 0.25) is 0 Å². The van der Waals surface area contributed by atoms with Crippen LogP contribution >= 0.6 is 15.9 Å². The quantitative estimate of drug-likeness (QED) is 0.944. The summed E-state index contributed by atoms with van der Waals surface area (Å²) in [5.41, 5.74) is -0.506. The second-order valence-corrected chi connectivity index (χ2v) is 5.33. The maximum atomic E-state index is 11.9. The molecular weight excluding hydrogens is 310 g/mol. The predicted molar refractivity (Wildman–Crippen MR) is 77.4 cm³/mol. The van der Waals surface area contributed by atoms with Crippen LogP contribution in [0.15, 0.2) is 37.9 Å². The van der Waals surface area contributed by atoms with Gasteiger partial charge >= 0.3 is 5.63 Å². The Morgan fingerprint density at radius 2 is 2.16 bits per heavy atom. The summed E-state index contributed by atoms with van der Waals surface area (Å²) in [6.45, 7) is 3.87. The predicted octanol–water partition coefficient (Wildman–Crippen LogP) is 3.08. The number of halogens is 1. The zero-order valence-electron chi connectivity index (χ0n) is 10.7. The van der Waals surface area contributed by atoms with Crippen molar-refractivity contribution in [2.45, 2.75) is 26.3 Å². The second-order valence-electron chi connectivity index (χ2n) is 4.41. The van der Waals surface area contributed by atoms with Gasteiger partial charge in [0, 0.05) is 10.5 Å². The van der Waals surface area contributed by atoms with Crippen LogP contribution in [-0.4, -0.2) is 11.9 Å². The fraction of sp³-hybridized carbons (Fsp3) is 0.286. The monoisotopic (exact) mass is 323 g/mol. The highest BCUT2D eigenvalue weighted by atomic mass is 79.9. The van der Waals surface area contributed by atoms with Gasteiger partial charge in [0.15, 0.2) is 5.76 Å². The van der Waals surface area contributed by atoms with Crippen LogP contribution in [0.5, 0.6) is 0 Å². The Hall–Kier alpha value is -1.62. The van der Waals surface area contributed by atoms with Crippen LogP contribution in [0.3, 0.4) is 0 Å². The van der Waals surface area contributed by atoms with Crippen molar-refractivity contribution in [1.29, 1.82) is 0 Å². The van der Waals surface area contributed by atoms with Crippen molar-refractivity contribution in [3.63, 3.8) is 0 Å². The van der Waals surface area contributed by atoms with Gasteiger partial charge in [-0.3, -0.25) is 4.79 Å². The topological polar surface area (TPSA) is 59.3 Å². The molecule has 0 saturated carbocycles. The smallest absolute Gasteiger partial charge is 0.344 e. The van der Waals surface area contributed by atoms with Crippen LogP contribution in [0, 0.1) is 0 Å². The van der Waals surface area contributed by atoms with E-state index in [9.17, 15) is 9.59 Å². The minimum absolute atomic E-state index is 0.0402. The highest BCUT2D eigenvalue weighted by Crippen LogP contribution is 2.18. The molecule has 1 atom stereocenters. The lowest BCUT2D eigenvalue weighted by molar-refractivity contribution is 0.0907. The molecule has 0 saturated heterocycles. The third-order valence-electron chi connectivity index (χ3n) is 2.94. The van der Waals surface area contributed by atoms with E-state index in [4.69, 9.17) is 4.42 Å². The van der Waals surface area contributed by atoms with Gasteiger partial charge in [0.05, 0.1) is 5.39 Å². The fourth-order valence-corrected chi connectivity index (χ4v) is 2.03. The highest BCUT2D eigenvalue weighted by molar-refractivity contribution is 9.10. The molecule has 1 heterocycles. The molecular formula is C14H14BrNO3. The number of carbonyl (C=O) groups excluding carboxylic acids is 1. The lowest BCUT2D eigenvalue weighted by Crippen LogP contribution is -2.32. The molecule has 2 aromatic rings. The maximum Gasteiger partial charge on any atom is 0.344 e. The molecule has 19 heavy (non-hydrogen) atoms. The molecule has 0 aliphatic heterocycles. The van der Waals surface area contributed by atoms with Gasteiger partial charge in [-0.05, 0) is 36.9 Å². The largest absolute Gasteiger partial charge is 0.417 e. The van der Waals surface area contributed by atoms with Crippen molar-refractivity contribution in [3.8, 4) is 0 Å².